The fraction of sp³-hybridized carbons (Fsp3) is 0.250. The molecule has 0 aliphatic heterocycles. The number of carbonyl (C=O) groups excluding carboxylic acids is 1. The second-order valence-corrected chi connectivity index (χ2v) is 5.39. The van der Waals surface area contributed by atoms with Gasteiger partial charge in [0.05, 0.1) is 17.9 Å². The Bertz CT molecular complexity index is 804. The van der Waals surface area contributed by atoms with E-state index in [0.29, 0.717) is 5.56 Å². The smallest absolute Gasteiger partial charge is 0.251 e. The summed E-state index contributed by atoms with van der Waals surface area (Å²) >= 11 is 0. The molecule has 1 unspecified atom stereocenters. The Morgan fingerprint density at radius 1 is 1.22 bits per heavy atom. The zero-order valence-electron chi connectivity index (χ0n) is 13.3. The van der Waals surface area contributed by atoms with Gasteiger partial charge in [-0.1, -0.05) is 0 Å². The van der Waals surface area contributed by atoms with Crippen molar-refractivity contribution in [2.75, 3.05) is 0 Å². The number of benzene rings is 1. The lowest BCUT2D eigenvalue weighted by Gasteiger charge is -2.14. The van der Waals surface area contributed by atoms with Crippen molar-refractivity contribution in [2.45, 2.75) is 19.9 Å². The number of nitrogens with zero attached hydrogens (tertiary/aromatic N) is 5. The third-order valence-electron chi connectivity index (χ3n) is 3.90. The van der Waals surface area contributed by atoms with Crippen molar-refractivity contribution >= 4 is 5.91 Å². The van der Waals surface area contributed by atoms with Gasteiger partial charge in [0.25, 0.3) is 5.91 Å². The van der Waals surface area contributed by atoms with E-state index in [-0.39, 0.29) is 11.9 Å². The molecule has 0 fully saturated rings. The van der Waals surface area contributed by atoms with E-state index in [4.69, 9.17) is 0 Å². The molecule has 2 aromatic heterocycles. The summed E-state index contributed by atoms with van der Waals surface area (Å²) in [7, 11) is 1.89. The van der Waals surface area contributed by atoms with E-state index in [1.54, 1.807) is 34.0 Å². The quantitative estimate of drug-likeness (QED) is 0.797. The van der Waals surface area contributed by atoms with Crippen molar-refractivity contribution in [3.05, 3.63) is 59.9 Å². The van der Waals surface area contributed by atoms with Crippen LogP contribution in [0.15, 0.2) is 43.1 Å². The van der Waals surface area contributed by atoms with Gasteiger partial charge in [0.1, 0.15) is 12.7 Å². The Labute approximate surface area is 134 Å². The summed E-state index contributed by atoms with van der Waals surface area (Å²) < 4.78 is 3.44. The molecule has 1 N–H and O–H groups in total. The van der Waals surface area contributed by atoms with Crippen molar-refractivity contribution < 1.29 is 4.79 Å². The normalized spacial score (nSPS) is 12.1. The summed E-state index contributed by atoms with van der Waals surface area (Å²) in [6.07, 6.45) is 4.87. The molecule has 1 atom stereocenters. The van der Waals surface area contributed by atoms with Gasteiger partial charge in [-0.05, 0) is 38.1 Å². The molecular formula is C16H18N6O. The maximum Gasteiger partial charge on any atom is 0.251 e. The number of aromatic nitrogens is 5. The molecule has 0 aliphatic rings. The topological polar surface area (TPSA) is 77.6 Å². The first-order chi connectivity index (χ1) is 11.1. The molecule has 3 aromatic rings. The second-order valence-electron chi connectivity index (χ2n) is 5.39. The summed E-state index contributed by atoms with van der Waals surface area (Å²) in [5.41, 5.74) is 3.51. The lowest BCUT2D eigenvalue weighted by molar-refractivity contribution is 0.0940. The van der Waals surface area contributed by atoms with Gasteiger partial charge < -0.3 is 5.32 Å². The molecule has 0 spiro atoms. The van der Waals surface area contributed by atoms with Crippen LogP contribution in [-0.2, 0) is 7.05 Å². The monoisotopic (exact) mass is 310 g/mol. The van der Waals surface area contributed by atoms with Gasteiger partial charge in [0.15, 0.2) is 0 Å². The van der Waals surface area contributed by atoms with Crippen LogP contribution in [0.2, 0.25) is 0 Å². The van der Waals surface area contributed by atoms with E-state index in [1.807, 2.05) is 33.0 Å². The first kappa shape index (κ1) is 15.0. The maximum absolute atomic E-state index is 12.4. The van der Waals surface area contributed by atoms with Crippen LogP contribution in [0.5, 0.6) is 0 Å². The van der Waals surface area contributed by atoms with Gasteiger partial charge >= 0.3 is 0 Å². The van der Waals surface area contributed by atoms with Crippen LogP contribution in [0.25, 0.3) is 5.69 Å². The second kappa shape index (κ2) is 6.04. The lowest BCUT2D eigenvalue weighted by Crippen LogP contribution is -2.26. The number of aryl methyl sites for hydroxylation is 1. The minimum Gasteiger partial charge on any atom is -0.345 e. The van der Waals surface area contributed by atoms with Crippen LogP contribution in [0.4, 0.5) is 0 Å². The number of amides is 1. The van der Waals surface area contributed by atoms with E-state index in [1.165, 1.54) is 6.33 Å². The molecule has 0 aliphatic carbocycles. The number of rotatable bonds is 4. The first-order valence-electron chi connectivity index (χ1n) is 7.30. The van der Waals surface area contributed by atoms with Crippen molar-refractivity contribution in [2.24, 2.45) is 7.05 Å². The number of nitrogens with one attached hydrogen (secondary N) is 1. The minimum atomic E-state index is -0.120. The van der Waals surface area contributed by atoms with Crippen molar-refractivity contribution in [1.29, 1.82) is 0 Å². The van der Waals surface area contributed by atoms with Gasteiger partial charge in [-0.15, -0.1) is 0 Å². The van der Waals surface area contributed by atoms with E-state index in [9.17, 15) is 4.79 Å². The molecule has 0 radical (unpaired) electrons. The van der Waals surface area contributed by atoms with Crippen LogP contribution in [0.3, 0.4) is 0 Å². The number of hydrogen-bond donors (Lipinski definition) is 1. The summed E-state index contributed by atoms with van der Waals surface area (Å²) in [5.74, 6) is -0.120. The minimum absolute atomic E-state index is 0.105. The first-order valence-corrected chi connectivity index (χ1v) is 7.30. The van der Waals surface area contributed by atoms with Crippen molar-refractivity contribution in [3.8, 4) is 5.69 Å². The van der Waals surface area contributed by atoms with E-state index >= 15 is 0 Å². The van der Waals surface area contributed by atoms with Gasteiger partial charge in [0.2, 0.25) is 0 Å². The highest BCUT2D eigenvalue weighted by Crippen LogP contribution is 2.17. The molecule has 0 bridgehead atoms. The fourth-order valence-electron chi connectivity index (χ4n) is 2.41. The highest BCUT2D eigenvalue weighted by atomic mass is 16.1. The molecule has 7 nitrogen and oxygen atoms in total. The highest BCUT2D eigenvalue weighted by Gasteiger charge is 2.15. The zero-order valence-corrected chi connectivity index (χ0v) is 13.3. The molecule has 0 saturated heterocycles. The third kappa shape index (κ3) is 2.98. The predicted octanol–water partition coefficient (Wildman–Crippen LogP) is 1.80. The average Bonchev–Trinajstić information content (AvgIpc) is 3.19. The van der Waals surface area contributed by atoms with Crippen LogP contribution >= 0.6 is 0 Å². The summed E-state index contributed by atoms with van der Waals surface area (Å²) in [6, 6.07) is 7.11. The lowest BCUT2D eigenvalue weighted by atomic mass is 10.1. The average molecular weight is 310 g/mol. The van der Waals surface area contributed by atoms with Crippen molar-refractivity contribution in [1.82, 2.24) is 29.9 Å². The molecule has 3 rings (SSSR count). The van der Waals surface area contributed by atoms with E-state index < -0.39 is 0 Å². The van der Waals surface area contributed by atoms with E-state index in [2.05, 4.69) is 20.5 Å². The van der Waals surface area contributed by atoms with Crippen LogP contribution in [0.1, 0.15) is 34.6 Å². The Kier molecular flexibility index (Phi) is 3.92. The van der Waals surface area contributed by atoms with E-state index in [0.717, 1.165) is 16.9 Å². The molecule has 23 heavy (non-hydrogen) atoms. The summed E-state index contributed by atoms with van der Waals surface area (Å²) in [4.78, 5) is 16.3. The molecular weight excluding hydrogens is 292 g/mol. The van der Waals surface area contributed by atoms with Crippen LogP contribution < -0.4 is 5.32 Å². The predicted molar refractivity (Wildman–Crippen MR) is 85.2 cm³/mol. The standard InChI is InChI=1S/C16H18N6O/c1-11(15-8-18-21(3)12(15)2)20-16(23)13-4-6-14(7-5-13)22-10-17-9-19-22/h4-11H,1-3H3,(H,20,23). The summed E-state index contributed by atoms with van der Waals surface area (Å²) in [6.45, 7) is 3.93. The van der Waals surface area contributed by atoms with Crippen molar-refractivity contribution in [3.63, 3.8) is 0 Å². The molecule has 1 amide bonds. The number of carbonyl (C=O) groups is 1. The van der Waals surface area contributed by atoms with Gasteiger partial charge in [-0.2, -0.15) is 10.2 Å². The Morgan fingerprint density at radius 2 is 1.96 bits per heavy atom. The molecule has 118 valence electrons. The number of hydrogen-bond acceptors (Lipinski definition) is 4. The third-order valence-corrected chi connectivity index (χ3v) is 3.90. The maximum atomic E-state index is 12.4. The SMILES string of the molecule is Cc1c(C(C)NC(=O)c2ccc(-n3cncn3)cc2)cnn1C. The Hall–Kier alpha value is -2.96. The Morgan fingerprint density at radius 3 is 2.52 bits per heavy atom. The van der Waals surface area contributed by atoms with Gasteiger partial charge in [-0.25, -0.2) is 9.67 Å². The largest absolute Gasteiger partial charge is 0.345 e. The van der Waals surface area contributed by atoms with Gasteiger partial charge in [-0.3, -0.25) is 9.48 Å². The molecule has 1 aromatic carbocycles. The molecule has 2 heterocycles. The molecule has 0 saturated carbocycles. The fourth-order valence-corrected chi connectivity index (χ4v) is 2.41. The van der Waals surface area contributed by atoms with Gasteiger partial charge in [0, 0.05) is 23.9 Å². The Balaban J connectivity index is 1.72. The summed E-state index contributed by atoms with van der Waals surface area (Å²) in [5, 5.41) is 11.3. The highest BCUT2D eigenvalue weighted by molar-refractivity contribution is 5.94. The molecule has 7 heteroatoms. The van der Waals surface area contributed by atoms with Crippen LogP contribution in [-0.4, -0.2) is 30.5 Å². The van der Waals surface area contributed by atoms with Crippen LogP contribution in [0, 0.1) is 6.92 Å². The zero-order chi connectivity index (χ0) is 16.4.